The van der Waals surface area contributed by atoms with Crippen molar-refractivity contribution in [3.63, 3.8) is 0 Å². The van der Waals surface area contributed by atoms with Gasteiger partial charge in [-0.15, -0.1) is 0 Å². The molecule has 3 atom stereocenters. The zero-order chi connectivity index (χ0) is 31.7. The number of nitrogens with zero attached hydrogens (tertiary/aromatic N) is 1. The van der Waals surface area contributed by atoms with Gasteiger partial charge in [0.2, 0.25) is 0 Å². The Kier molecular flexibility index (Phi) is 6.24. The zero-order valence-electron chi connectivity index (χ0n) is 27.0. The molecule has 3 aliphatic carbocycles. The molecular formula is C47H37N. The summed E-state index contributed by atoms with van der Waals surface area (Å²) in [6.45, 7) is 0. The van der Waals surface area contributed by atoms with Gasteiger partial charge in [0.25, 0.3) is 0 Å². The molecule has 0 amide bonds. The maximum absolute atomic E-state index is 2.55. The van der Waals surface area contributed by atoms with Crippen molar-refractivity contribution < 1.29 is 0 Å². The van der Waals surface area contributed by atoms with Crippen LogP contribution in [-0.2, 0) is 5.41 Å². The minimum absolute atomic E-state index is 0.132. The van der Waals surface area contributed by atoms with Gasteiger partial charge in [-0.1, -0.05) is 146 Å². The van der Waals surface area contributed by atoms with Crippen LogP contribution in [0.4, 0.5) is 17.1 Å². The molecule has 1 spiro atoms. The predicted octanol–water partition coefficient (Wildman–Crippen LogP) is 12.7. The fourth-order valence-electron chi connectivity index (χ4n) is 9.80. The molecule has 0 saturated heterocycles. The second-order valence-corrected chi connectivity index (χ2v) is 14.1. The lowest BCUT2D eigenvalue weighted by molar-refractivity contribution is 0.327. The van der Waals surface area contributed by atoms with E-state index in [1.165, 1.54) is 86.9 Å². The van der Waals surface area contributed by atoms with Gasteiger partial charge >= 0.3 is 0 Å². The molecule has 0 aromatic heterocycles. The molecule has 2 bridgehead atoms. The van der Waals surface area contributed by atoms with Gasteiger partial charge in [0.1, 0.15) is 0 Å². The highest BCUT2D eigenvalue weighted by molar-refractivity contribution is 6.08. The van der Waals surface area contributed by atoms with Crippen molar-refractivity contribution in [2.24, 2.45) is 11.8 Å². The topological polar surface area (TPSA) is 3.24 Å². The van der Waals surface area contributed by atoms with Crippen LogP contribution in [0.1, 0.15) is 36.8 Å². The Bertz CT molecular complexity index is 2300. The van der Waals surface area contributed by atoms with Gasteiger partial charge in [-0.25, -0.2) is 0 Å². The van der Waals surface area contributed by atoms with Crippen molar-refractivity contribution in [2.45, 2.75) is 31.1 Å². The summed E-state index contributed by atoms with van der Waals surface area (Å²) in [5.41, 5.74) is 14.7. The third kappa shape index (κ3) is 4.04. The van der Waals surface area contributed by atoms with E-state index in [4.69, 9.17) is 0 Å². The van der Waals surface area contributed by atoms with Crippen LogP contribution in [0.25, 0.3) is 44.2 Å². The Morgan fingerprint density at radius 3 is 1.88 bits per heavy atom. The van der Waals surface area contributed by atoms with Crippen molar-refractivity contribution in [3.05, 3.63) is 175 Å². The summed E-state index contributed by atoms with van der Waals surface area (Å²) in [6, 6.07) is 60.9. The van der Waals surface area contributed by atoms with Gasteiger partial charge < -0.3 is 4.90 Å². The van der Waals surface area contributed by atoms with E-state index in [-0.39, 0.29) is 5.41 Å². The molecule has 0 radical (unpaired) electrons. The Hall–Kier alpha value is -5.40. The van der Waals surface area contributed by atoms with Crippen molar-refractivity contribution >= 4 is 27.8 Å². The average Bonchev–Trinajstić information content (AvgIpc) is 3.86. The van der Waals surface area contributed by atoms with Crippen molar-refractivity contribution in [3.8, 4) is 33.4 Å². The molecule has 1 nitrogen and oxygen atoms in total. The Morgan fingerprint density at radius 2 is 1.12 bits per heavy atom. The van der Waals surface area contributed by atoms with E-state index in [9.17, 15) is 0 Å². The fourth-order valence-corrected chi connectivity index (χ4v) is 9.80. The number of hydrogen-bond donors (Lipinski definition) is 0. The molecule has 0 heterocycles. The Labute approximate surface area is 283 Å². The summed E-state index contributed by atoms with van der Waals surface area (Å²) in [7, 11) is 0. The number of fused-ring (bicyclic) bond motifs is 9. The number of anilines is 3. The molecule has 2 saturated carbocycles. The second-order valence-electron chi connectivity index (χ2n) is 14.1. The summed E-state index contributed by atoms with van der Waals surface area (Å²) in [6.07, 6.45) is 5.39. The van der Waals surface area contributed by atoms with Crippen molar-refractivity contribution in [2.75, 3.05) is 4.90 Å². The van der Waals surface area contributed by atoms with Crippen LogP contribution in [0.5, 0.6) is 0 Å². The van der Waals surface area contributed by atoms with E-state index in [0.29, 0.717) is 0 Å². The van der Waals surface area contributed by atoms with Crippen LogP contribution >= 0.6 is 0 Å². The highest BCUT2D eigenvalue weighted by Gasteiger charge is 2.57. The van der Waals surface area contributed by atoms with E-state index in [1.54, 1.807) is 11.1 Å². The van der Waals surface area contributed by atoms with Gasteiger partial charge in [0, 0.05) is 22.1 Å². The smallest absolute Gasteiger partial charge is 0.0543 e. The van der Waals surface area contributed by atoms with Gasteiger partial charge in [-0.3, -0.25) is 0 Å². The van der Waals surface area contributed by atoms with E-state index in [0.717, 1.165) is 11.8 Å². The van der Waals surface area contributed by atoms with Crippen molar-refractivity contribution in [1.29, 1.82) is 0 Å². The van der Waals surface area contributed by atoms with Crippen LogP contribution in [0.3, 0.4) is 0 Å². The van der Waals surface area contributed by atoms with Gasteiger partial charge in [0.05, 0.1) is 11.4 Å². The SMILES string of the molecule is c1ccc(-c2ccc(N(c3cccc4c3-c3ccccc3C43CC4CCC3C4)c3ccc(-c4ccccc4)c4ccccc34)cc2)cc1. The molecule has 230 valence electrons. The third-order valence-electron chi connectivity index (χ3n) is 11.7. The largest absolute Gasteiger partial charge is 0.309 e. The minimum atomic E-state index is 0.132. The Balaban J connectivity index is 1.23. The lowest BCUT2D eigenvalue weighted by Gasteiger charge is -2.37. The molecule has 3 unspecified atom stereocenters. The molecule has 2 fully saturated rings. The summed E-state index contributed by atoms with van der Waals surface area (Å²) in [4.78, 5) is 2.55. The molecule has 3 aliphatic rings. The molecule has 0 N–H and O–H groups in total. The molecular weight excluding hydrogens is 579 g/mol. The summed E-state index contributed by atoms with van der Waals surface area (Å²) >= 11 is 0. The van der Waals surface area contributed by atoms with Crippen LogP contribution in [-0.4, -0.2) is 0 Å². The van der Waals surface area contributed by atoms with Gasteiger partial charge in [0.15, 0.2) is 0 Å². The van der Waals surface area contributed by atoms with E-state index < -0.39 is 0 Å². The van der Waals surface area contributed by atoms with E-state index in [2.05, 4.69) is 169 Å². The molecule has 48 heavy (non-hydrogen) atoms. The molecule has 7 aromatic carbocycles. The lowest BCUT2D eigenvalue weighted by atomic mass is 9.67. The first-order chi connectivity index (χ1) is 23.8. The highest BCUT2D eigenvalue weighted by Crippen LogP contribution is 2.67. The lowest BCUT2D eigenvalue weighted by Crippen LogP contribution is -2.31. The second kappa shape index (κ2) is 10.8. The highest BCUT2D eigenvalue weighted by atomic mass is 15.1. The number of hydrogen-bond acceptors (Lipinski definition) is 1. The molecule has 0 aliphatic heterocycles. The minimum Gasteiger partial charge on any atom is -0.309 e. The normalized spacial score (nSPS) is 20.2. The first kappa shape index (κ1) is 27.7. The van der Waals surface area contributed by atoms with Crippen molar-refractivity contribution in [1.82, 2.24) is 0 Å². The zero-order valence-corrected chi connectivity index (χ0v) is 27.0. The Morgan fingerprint density at radius 1 is 0.458 bits per heavy atom. The number of rotatable bonds is 5. The van der Waals surface area contributed by atoms with Crippen LogP contribution < -0.4 is 4.90 Å². The van der Waals surface area contributed by atoms with Crippen LogP contribution in [0, 0.1) is 11.8 Å². The third-order valence-corrected chi connectivity index (χ3v) is 11.7. The maximum Gasteiger partial charge on any atom is 0.0543 e. The predicted molar refractivity (Wildman–Crippen MR) is 201 cm³/mol. The molecule has 10 rings (SSSR count). The summed E-state index contributed by atoms with van der Waals surface area (Å²) < 4.78 is 0. The number of benzene rings is 7. The first-order valence-corrected chi connectivity index (χ1v) is 17.6. The monoisotopic (exact) mass is 615 g/mol. The molecule has 7 aromatic rings. The average molecular weight is 616 g/mol. The summed E-state index contributed by atoms with van der Waals surface area (Å²) in [5, 5.41) is 2.52. The van der Waals surface area contributed by atoms with Crippen LogP contribution in [0.15, 0.2) is 164 Å². The first-order valence-electron chi connectivity index (χ1n) is 17.6. The maximum atomic E-state index is 2.55. The standard InChI is InChI=1S/C47H37N/c1-3-12-33(13-4-1)34-23-26-37(27-24-34)48(44-29-28-38(35-14-5-2-6-15-35)39-16-7-8-17-40(39)44)45-21-11-20-43-46(45)41-18-9-10-19-42(41)47(43)31-32-22-25-36(47)30-32/h1-21,23-24,26-29,32,36H,22,25,30-31H2. The van der Waals surface area contributed by atoms with Gasteiger partial charge in [-0.2, -0.15) is 0 Å². The van der Waals surface area contributed by atoms with E-state index in [1.807, 2.05) is 0 Å². The summed E-state index contributed by atoms with van der Waals surface area (Å²) in [5.74, 6) is 1.57. The van der Waals surface area contributed by atoms with E-state index >= 15 is 0 Å². The van der Waals surface area contributed by atoms with Crippen LogP contribution in [0.2, 0.25) is 0 Å². The quantitative estimate of drug-likeness (QED) is 0.186. The van der Waals surface area contributed by atoms with Gasteiger partial charge in [-0.05, 0) is 99.7 Å². The fraction of sp³-hybridized carbons (Fsp3) is 0.149. The molecule has 1 heteroatoms.